The van der Waals surface area contributed by atoms with E-state index in [-0.39, 0.29) is 18.7 Å². The number of nitrogens with zero attached hydrogens (tertiary/aromatic N) is 1. The summed E-state index contributed by atoms with van der Waals surface area (Å²) in [4.78, 5) is 15.6. The van der Waals surface area contributed by atoms with Crippen molar-refractivity contribution in [3.8, 4) is 5.88 Å². The van der Waals surface area contributed by atoms with Crippen molar-refractivity contribution < 1.29 is 19.0 Å². The van der Waals surface area contributed by atoms with E-state index in [0.717, 1.165) is 0 Å². The van der Waals surface area contributed by atoms with E-state index in [1.54, 1.807) is 36.4 Å². The number of rotatable bonds is 6. The smallest absolute Gasteiger partial charge is 0.307 e. The molecule has 1 atom stereocenters. The minimum Gasteiger partial charge on any atom is -0.481 e. The molecule has 0 bridgehead atoms. The summed E-state index contributed by atoms with van der Waals surface area (Å²) in [6, 6.07) is 11.4. The lowest BCUT2D eigenvalue weighted by molar-refractivity contribution is -0.141. The number of aromatic nitrogens is 1. The van der Waals surface area contributed by atoms with Crippen LogP contribution in [0.4, 0.5) is 4.39 Å². The molecule has 0 saturated carbocycles. The molecule has 4 nitrogen and oxygen atoms in total. The molecule has 110 valence electrons. The summed E-state index contributed by atoms with van der Waals surface area (Å²) in [5, 5.41) is 9.33. The van der Waals surface area contributed by atoms with Gasteiger partial charge in [0.05, 0.1) is 13.0 Å². The monoisotopic (exact) mass is 289 g/mol. The van der Waals surface area contributed by atoms with E-state index in [0.29, 0.717) is 17.1 Å². The lowest BCUT2D eigenvalue weighted by Crippen LogP contribution is -2.20. The number of benzene rings is 1. The van der Waals surface area contributed by atoms with Crippen LogP contribution < -0.4 is 4.74 Å². The summed E-state index contributed by atoms with van der Waals surface area (Å²) in [5.74, 6) is -1.66. The first-order chi connectivity index (χ1) is 10.1. The van der Waals surface area contributed by atoms with Gasteiger partial charge in [0.2, 0.25) is 5.88 Å². The number of pyridine rings is 1. The lowest BCUT2D eigenvalue weighted by atomic mass is 9.94. The third kappa shape index (κ3) is 4.02. The first-order valence-corrected chi connectivity index (χ1v) is 6.56. The second-order valence-electron chi connectivity index (χ2n) is 4.71. The van der Waals surface area contributed by atoms with Crippen LogP contribution in [0.15, 0.2) is 42.5 Å². The number of hydrogen-bond acceptors (Lipinski definition) is 3. The number of carboxylic acids is 1. The van der Waals surface area contributed by atoms with Crippen LogP contribution in [0.25, 0.3) is 0 Å². The molecule has 0 amide bonds. The number of carbonyl (C=O) groups is 1. The van der Waals surface area contributed by atoms with Gasteiger partial charge in [-0.05, 0) is 24.1 Å². The molecule has 0 aliphatic rings. The minimum absolute atomic E-state index is 0.126. The highest BCUT2D eigenvalue weighted by Gasteiger charge is 2.21. The van der Waals surface area contributed by atoms with E-state index < -0.39 is 11.9 Å². The Kier molecular flexibility index (Phi) is 4.87. The first-order valence-electron chi connectivity index (χ1n) is 6.56. The van der Waals surface area contributed by atoms with E-state index in [9.17, 15) is 14.3 Å². The maximum absolute atomic E-state index is 13.6. The number of carboxylic acid groups (broad SMARTS) is 1. The first kappa shape index (κ1) is 15.0. The normalized spacial score (nSPS) is 11.9. The number of aliphatic carboxylic acids is 1. The minimum atomic E-state index is -0.970. The molecule has 21 heavy (non-hydrogen) atoms. The number of ether oxygens (including phenoxy) is 1. The highest BCUT2D eigenvalue weighted by molar-refractivity contribution is 5.70. The molecule has 1 heterocycles. The summed E-state index contributed by atoms with van der Waals surface area (Å²) in [7, 11) is 1.50. The van der Waals surface area contributed by atoms with Crippen LogP contribution in [-0.2, 0) is 17.6 Å². The summed E-state index contributed by atoms with van der Waals surface area (Å²) >= 11 is 0. The van der Waals surface area contributed by atoms with E-state index in [1.165, 1.54) is 13.2 Å². The molecule has 0 aliphatic carbocycles. The van der Waals surface area contributed by atoms with Crippen LogP contribution in [0.3, 0.4) is 0 Å². The molecule has 5 heteroatoms. The molecule has 0 fully saturated rings. The van der Waals surface area contributed by atoms with E-state index in [4.69, 9.17) is 4.74 Å². The molecule has 2 rings (SSSR count). The standard InChI is InChI=1S/C16H16FNO3/c1-21-15-8-4-6-13(18-15)10-12(16(19)20)9-11-5-2-3-7-14(11)17/h2-8,12H,9-10H2,1H3,(H,19,20). The predicted molar refractivity (Wildman–Crippen MR) is 75.7 cm³/mol. The van der Waals surface area contributed by atoms with Crippen LogP contribution in [0.1, 0.15) is 11.3 Å². The van der Waals surface area contributed by atoms with Gasteiger partial charge in [-0.2, -0.15) is 0 Å². The molecule has 2 aromatic rings. The Bertz CT molecular complexity index is 630. The van der Waals surface area contributed by atoms with Gasteiger partial charge >= 0.3 is 5.97 Å². The maximum atomic E-state index is 13.6. The van der Waals surface area contributed by atoms with E-state index in [1.807, 2.05) is 0 Å². The molecule has 1 unspecified atom stereocenters. The van der Waals surface area contributed by atoms with Gasteiger partial charge in [-0.1, -0.05) is 24.3 Å². The Morgan fingerprint density at radius 1 is 1.24 bits per heavy atom. The molecular formula is C16H16FNO3. The fourth-order valence-electron chi connectivity index (χ4n) is 2.11. The van der Waals surface area contributed by atoms with Crippen molar-refractivity contribution in [2.24, 2.45) is 5.92 Å². The SMILES string of the molecule is COc1cccc(CC(Cc2ccccc2F)C(=O)O)n1. The summed E-state index contributed by atoms with van der Waals surface area (Å²) < 4.78 is 18.7. The van der Waals surface area contributed by atoms with Gasteiger partial charge in [-0.25, -0.2) is 9.37 Å². The highest BCUT2D eigenvalue weighted by atomic mass is 19.1. The quantitative estimate of drug-likeness (QED) is 0.888. The summed E-state index contributed by atoms with van der Waals surface area (Å²) in [5.41, 5.74) is 1.01. The fourth-order valence-corrected chi connectivity index (χ4v) is 2.11. The Hall–Kier alpha value is -2.43. The molecule has 0 aliphatic heterocycles. The molecular weight excluding hydrogens is 273 g/mol. The summed E-state index contributed by atoms with van der Waals surface area (Å²) in [6.45, 7) is 0. The van der Waals surface area contributed by atoms with Gasteiger partial charge in [-0.3, -0.25) is 4.79 Å². The van der Waals surface area contributed by atoms with Gasteiger partial charge < -0.3 is 9.84 Å². The third-order valence-electron chi connectivity index (χ3n) is 3.22. The third-order valence-corrected chi connectivity index (χ3v) is 3.22. The second-order valence-corrected chi connectivity index (χ2v) is 4.71. The van der Waals surface area contributed by atoms with Crippen LogP contribution in [-0.4, -0.2) is 23.2 Å². The molecule has 1 N–H and O–H groups in total. The number of methoxy groups -OCH3 is 1. The second kappa shape index (κ2) is 6.83. The van der Waals surface area contributed by atoms with Crippen LogP contribution in [0.5, 0.6) is 5.88 Å². The fraction of sp³-hybridized carbons (Fsp3) is 0.250. The molecule has 1 aromatic heterocycles. The van der Waals surface area contributed by atoms with Crippen molar-refractivity contribution in [3.63, 3.8) is 0 Å². The average molecular weight is 289 g/mol. The van der Waals surface area contributed by atoms with Gasteiger partial charge in [0, 0.05) is 18.2 Å². The molecule has 0 radical (unpaired) electrons. The van der Waals surface area contributed by atoms with E-state index >= 15 is 0 Å². The number of hydrogen-bond donors (Lipinski definition) is 1. The highest BCUT2D eigenvalue weighted by Crippen LogP contribution is 2.18. The molecule has 0 saturated heterocycles. The largest absolute Gasteiger partial charge is 0.481 e. The zero-order chi connectivity index (χ0) is 15.2. The van der Waals surface area contributed by atoms with Gasteiger partial charge in [0.25, 0.3) is 0 Å². The average Bonchev–Trinajstić information content (AvgIpc) is 2.49. The predicted octanol–water partition coefficient (Wildman–Crippen LogP) is 2.72. The van der Waals surface area contributed by atoms with Crippen LogP contribution in [0.2, 0.25) is 0 Å². The van der Waals surface area contributed by atoms with Crippen molar-refractivity contribution in [1.29, 1.82) is 0 Å². The molecule has 0 spiro atoms. The Morgan fingerprint density at radius 2 is 2.00 bits per heavy atom. The van der Waals surface area contributed by atoms with Crippen molar-refractivity contribution in [1.82, 2.24) is 4.98 Å². The number of halogens is 1. The summed E-state index contributed by atoms with van der Waals surface area (Å²) in [6.07, 6.45) is 0.349. The zero-order valence-corrected chi connectivity index (χ0v) is 11.6. The van der Waals surface area contributed by atoms with Gasteiger partial charge in [0.1, 0.15) is 5.82 Å². The zero-order valence-electron chi connectivity index (χ0n) is 11.6. The van der Waals surface area contributed by atoms with Crippen LogP contribution >= 0.6 is 0 Å². The van der Waals surface area contributed by atoms with Crippen molar-refractivity contribution in [2.75, 3.05) is 7.11 Å². The topological polar surface area (TPSA) is 59.4 Å². The Morgan fingerprint density at radius 3 is 2.67 bits per heavy atom. The molecule has 1 aromatic carbocycles. The Labute approximate surface area is 122 Å². The van der Waals surface area contributed by atoms with Crippen molar-refractivity contribution in [3.05, 3.63) is 59.5 Å². The van der Waals surface area contributed by atoms with Crippen molar-refractivity contribution in [2.45, 2.75) is 12.8 Å². The maximum Gasteiger partial charge on any atom is 0.307 e. The van der Waals surface area contributed by atoms with E-state index in [2.05, 4.69) is 4.98 Å². The van der Waals surface area contributed by atoms with Gasteiger partial charge in [-0.15, -0.1) is 0 Å². The van der Waals surface area contributed by atoms with Gasteiger partial charge in [0.15, 0.2) is 0 Å². The van der Waals surface area contributed by atoms with Crippen molar-refractivity contribution >= 4 is 5.97 Å². The van der Waals surface area contributed by atoms with Crippen LogP contribution in [0, 0.1) is 11.7 Å². The Balaban J connectivity index is 2.16. The lowest BCUT2D eigenvalue weighted by Gasteiger charge is -2.13.